The molecule has 0 heterocycles. The van der Waals surface area contributed by atoms with Crippen LogP contribution < -0.4 is 10.6 Å². The van der Waals surface area contributed by atoms with Crippen molar-refractivity contribution in [3.8, 4) is 11.1 Å². The number of alkyl carbamates (subject to hydrolysis) is 1. The lowest BCUT2D eigenvalue weighted by Gasteiger charge is -2.33. The third-order valence-corrected chi connectivity index (χ3v) is 6.45. The molecule has 0 aliphatic heterocycles. The first-order chi connectivity index (χ1) is 16.0. The molecule has 0 saturated heterocycles. The molecule has 1 atom stereocenters. The van der Waals surface area contributed by atoms with Gasteiger partial charge < -0.3 is 20.5 Å². The fraction of sp³-hybridized carbons (Fsp3) is 0.346. The summed E-state index contributed by atoms with van der Waals surface area (Å²) in [7, 11) is 0. The van der Waals surface area contributed by atoms with Crippen LogP contribution >= 0.6 is 0 Å². The highest BCUT2D eigenvalue weighted by molar-refractivity contribution is 5.81. The standard InChI is InChI=1S/C26H28N2O5/c29-24(27-14-6-13-25(30)31)15-23(17-7-5-8-17)28-26(32)33-16-22-20-11-3-1-9-18(20)19-10-2-4-12-21(19)22/h1-4,6,9-13,17,22-23H,5,7-8,14-16H2,(H,27,29)(H,28,32)(H,30,31)/b13-6+. The van der Waals surface area contributed by atoms with E-state index in [0.717, 1.165) is 36.5 Å². The Bertz CT molecular complexity index is 1010. The summed E-state index contributed by atoms with van der Waals surface area (Å²) in [5, 5.41) is 14.2. The Balaban J connectivity index is 1.34. The number of fused-ring (bicyclic) bond motifs is 3. The van der Waals surface area contributed by atoms with Crippen molar-refractivity contribution in [2.45, 2.75) is 37.6 Å². The van der Waals surface area contributed by atoms with Crippen LogP contribution in [0.2, 0.25) is 0 Å². The lowest BCUT2D eigenvalue weighted by Crippen LogP contribution is -2.46. The Kier molecular flexibility index (Phi) is 7.07. The molecule has 7 nitrogen and oxygen atoms in total. The summed E-state index contributed by atoms with van der Waals surface area (Å²) in [5.74, 6) is -1.07. The van der Waals surface area contributed by atoms with Gasteiger partial charge >= 0.3 is 12.1 Å². The molecule has 1 saturated carbocycles. The summed E-state index contributed by atoms with van der Waals surface area (Å²) in [6.07, 6.45) is 4.97. The molecular formula is C26H28N2O5. The molecule has 33 heavy (non-hydrogen) atoms. The molecule has 1 fully saturated rings. The van der Waals surface area contributed by atoms with Crippen LogP contribution in [0.25, 0.3) is 11.1 Å². The van der Waals surface area contributed by atoms with Crippen LogP contribution in [0.5, 0.6) is 0 Å². The van der Waals surface area contributed by atoms with Gasteiger partial charge in [-0.2, -0.15) is 0 Å². The van der Waals surface area contributed by atoms with Crippen molar-refractivity contribution in [1.29, 1.82) is 0 Å². The van der Waals surface area contributed by atoms with E-state index in [9.17, 15) is 14.4 Å². The molecule has 0 spiro atoms. The van der Waals surface area contributed by atoms with Gasteiger partial charge in [0.15, 0.2) is 0 Å². The second-order valence-electron chi connectivity index (χ2n) is 8.52. The molecule has 0 radical (unpaired) electrons. The van der Waals surface area contributed by atoms with E-state index in [1.165, 1.54) is 17.2 Å². The van der Waals surface area contributed by atoms with Crippen LogP contribution in [0.15, 0.2) is 60.7 Å². The lowest BCUT2D eigenvalue weighted by atomic mass is 9.78. The first-order valence-corrected chi connectivity index (χ1v) is 11.3. The van der Waals surface area contributed by atoms with Crippen molar-refractivity contribution in [2.24, 2.45) is 5.92 Å². The van der Waals surface area contributed by atoms with Gasteiger partial charge in [-0.15, -0.1) is 0 Å². The van der Waals surface area contributed by atoms with Gasteiger partial charge in [-0.25, -0.2) is 9.59 Å². The SMILES string of the molecule is O=C(O)/C=C/CNC(=O)CC(NC(=O)OCC1c2ccccc2-c2ccccc21)C1CCC1. The van der Waals surface area contributed by atoms with E-state index >= 15 is 0 Å². The maximum absolute atomic E-state index is 12.7. The van der Waals surface area contributed by atoms with Crippen LogP contribution in [0.1, 0.15) is 42.7 Å². The van der Waals surface area contributed by atoms with Gasteiger partial charge in [0.1, 0.15) is 6.61 Å². The molecule has 2 aromatic rings. The molecule has 0 aromatic heterocycles. The molecule has 0 bridgehead atoms. The molecule has 4 rings (SSSR count). The summed E-state index contributed by atoms with van der Waals surface area (Å²) in [6.45, 7) is 0.358. The molecule has 2 amide bonds. The second kappa shape index (κ2) is 10.3. The van der Waals surface area contributed by atoms with Crippen molar-refractivity contribution in [3.05, 3.63) is 71.8 Å². The summed E-state index contributed by atoms with van der Waals surface area (Å²) < 4.78 is 5.64. The number of aliphatic carboxylic acids is 1. The number of benzene rings is 2. The number of carboxylic acid groups (broad SMARTS) is 1. The number of carbonyl (C=O) groups is 3. The maximum atomic E-state index is 12.7. The molecule has 3 N–H and O–H groups in total. The molecule has 2 aliphatic rings. The van der Waals surface area contributed by atoms with Crippen molar-refractivity contribution in [2.75, 3.05) is 13.2 Å². The Hall–Kier alpha value is -3.61. The minimum absolute atomic E-state index is 0.0189. The number of nitrogens with one attached hydrogen (secondary N) is 2. The fourth-order valence-electron chi connectivity index (χ4n) is 4.57. The van der Waals surface area contributed by atoms with Gasteiger partial charge in [0.2, 0.25) is 5.91 Å². The van der Waals surface area contributed by atoms with E-state index in [1.807, 2.05) is 24.3 Å². The number of carbonyl (C=O) groups excluding carboxylic acids is 2. The van der Waals surface area contributed by atoms with Gasteiger partial charge in [-0.05, 0) is 41.0 Å². The topological polar surface area (TPSA) is 105 Å². The zero-order valence-electron chi connectivity index (χ0n) is 18.3. The van der Waals surface area contributed by atoms with E-state index in [-0.39, 0.29) is 43.4 Å². The van der Waals surface area contributed by atoms with Gasteiger partial charge in [0.05, 0.1) is 0 Å². The molecule has 172 valence electrons. The Morgan fingerprint density at radius 2 is 1.67 bits per heavy atom. The van der Waals surface area contributed by atoms with Crippen molar-refractivity contribution in [1.82, 2.24) is 10.6 Å². The van der Waals surface area contributed by atoms with E-state index < -0.39 is 12.1 Å². The maximum Gasteiger partial charge on any atom is 0.407 e. The van der Waals surface area contributed by atoms with Crippen molar-refractivity contribution < 1.29 is 24.2 Å². The average Bonchev–Trinajstić information content (AvgIpc) is 3.08. The highest BCUT2D eigenvalue weighted by atomic mass is 16.5. The van der Waals surface area contributed by atoms with Crippen LogP contribution in [0.4, 0.5) is 4.79 Å². The number of amides is 2. The molecule has 7 heteroatoms. The first-order valence-electron chi connectivity index (χ1n) is 11.3. The van der Waals surface area contributed by atoms with E-state index in [4.69, 9.17) is 9.84 Å². The highest BCUT2D eigenvalue weighted by Gasteiger charge is 2.32. The van der Waals surface area contributed by atoms with Crippen LogP contribution in [-0.4, -0.2) is 42.3 Å². The third-order valence-electron chi connectivity index (χ3n) is 6.45. The number of hydrogen-bond acceptors (Lipinski definition) is 4. The summed E-state index contributed by atoms with van der Waals surface area (Å²) in [6, 6.07) is 16.0. The van der Waals surface area contributed by atoms with Gasteiger partial charge in [-0.3, -0.25) is 4.79 Å². The summed E-state index contributed by atoms with van der Waals surface area (Å²) in [4.78, 5) is 35.4. The number of carboxylic acids is 1. The minimum Gasteiger partial charge on any atom is -0.478 e. The largest absolute Gasteiger partial charge is 0.478 e. The monoisotopic (exact) mass is 448 g/mol. The quantitative estimate of drug-likeness (QED) is 0.506. The molecule has 2 aliphatic carbocycles. The average molecular weight is 449 g/mol. The normalized spacial score (nSPS) is 15.9. The van der Waals surface area contributed by atoms with E-state index in [0.29, 0.717) is 0 Å². The summed E-state index contributed by atoms with van der Waals surface area (Å²) in [5.41, 5.74) is 4.64. The van der Waals surface area contributed by atoms with E-state index in [1.54, 1.807) is 0 Å². The van der Waals surface area contributed by atoms with Gasteiger partial charge in [0.25, 0.3) is 0 Å². The third kappa shape index (κ3) is 5.42. The predicted octanol–water partition coefficient (Wildman–Crippen LogP) is 3.84. The second-order valence-corrected chi connectivity index (χ2v) is 8.52. The van der Waals surface area contributed by atoms with Gasteiger partial charge in [-0.1, -0.05) is 61.0 Å². The minimum atomic E-state index is -1.06. The number of rotatable bonds is 9. The molecule has 2 aromatic carbocycles. The highest BCUT2D eigenvalue weighted by Crippen LogP contribution is 2.44. The smallest absolute Gasteiger partial charge is 0.407 e. The predicted molar refractivity (Wildman–Crippen MR) is 124 cm³/mol. The fourth-order valence-corrected chi connectivity index (χ4v) is 4.57. The number of hydrogen-bond donors (Lipinski definition) is 3. The molecule has 1 unspecified atom stereocenters. The summed E-state index contributed by atoms with van der Waals surface area (Å²) >= 11 is 0. The Labute approximate surface area is 192 Å². The van der Waals surface area contributed by atoms with Crippen LogP contribution in [0.3, 0.4) is 0 Å². The van der Waals surface area contributed by atoms with Crippen LogP contribution in [-0.2, 0) is 14.3 Å². The van der Waals surface area contributed by atoms with Gasteiger partial charge in [0, 0.05) is 31.0 Å². The zero-order chi connectivity index (χ0) is 23.2. The Morgan fingerprint density at radius 3 is 2.24 bits per heavy atom. The molecular weight excluding hydrogens is 420 g/mol. The Morgan fingerprint density at radius 1 is 1.03 bits per heavy atom. The number of ether oxygens (including phenoxy) is 1. The lowest BCUT2D eigenvalue weighted by molar-refractivity contribution is -0.131. The zero-order valence-corrected chi connectivity index (χ0v) is 18.3. The van der Waals surface area contributed by atoms with Crippen molar-refractivity contribution >= 4 is 18.0 Å². The van der Waals surface area contributed by atoms with E-state index in [2.05, 4.69) is 34.9 Å². The first kappa shape index (κ1) is 22.6. The van der Waals surface area contributed by atoms with Crippen LogP contribution in [0, 0.1) is 5.92 Å². The van der Waals surface area contributed by atoms with Crippen molar-refractivity contribution in [3.63, 3.8) is 0 Å².